The largest absolute Gasteiger partial charge is 0.492 e. The van der Waals surface area contributed by atoms with Crippen molar-refractivity contribution >= 4 is 50.9 Å². The van der Waals surface area contributed by atoms with Crippen LogP contribution >= 0.6 is 0 Å². The Hall–Kier alpha value is -7.51. The fourth-order valence-electron chi connectivity index (χ4n) is 7.21. The molecule has 308 valence electrons. The van der Waals surface area contributed by atoms with E-state index in [-0.39, 0.29) is 0 Å². The first-order valence-corrected chi connectivity index (χ1v) is 20.6. The molecule has 0 unspecified atom stereocenters. The second-order valence-electron chi connectivity index (χ2n) is 14.6. The summed E-state index contributed by atoms with van der Waals surface area (Å²) in [5.41, 5.74) is 8.88. The molecular formula is C48H48N10O3. The van der Waals surface area contributed by atoms with Crippen molar-refractivity contribution in [1.29, 1.82) is 0 Å². The van der Waals surface area contributed by atoms with E-state index in [1.54, 1.807) is 0 Å². The standard InChI is InChI=1S/C48H48N10O3/c1-10-22-43(34(13-1)31-49-46-52-37-16-4-5-17-38(37)53-46)59-28-25-58(26-29-60-44-23-11-2-14-35(44)32-50-47-54-39-18-6-7-19-40(39)55-47)27-30-61-45-24-12-3-15-36(45)33-51-48-56-41-20-8-9-21-42(41)57-48/h1-24H,25-33H2,(H2,49,52,53)(H2,50,54,55)(H2,51,56,57). The number of aromatic nitrogens is 6. The Morgan fingerprint density at radius 3 is 1.00 bits per heavy atom. The summed E-state index contributed by atoms with van der Waals surface area (Å²) in [6, 6.07) is 48.3. The molecule has 6 aromatic carbocycles. The fraction of sp³-hybridized carbons (Fsp3) is 0.188. The molecule has 0 spiro atoms. The SMILES string of the molecule is c1ccc(OCCN(CCOc2ccccc2CNc2nc3ccccc3[nH]2)CCOc2ccccc2CNc2nc3ccccc3[nH]2)c(CNc2nc3ccccc3[nH]2)c1. The van der Waals surface area contributed by atoms with E-state index in [0.29, 0.717) is 59.1 Å². The number of rotatable bonds is 21. The van der Waals surface area contributed by atoms with Gasteiger partial charge in [0.1, 0.15) is 37.1 Å². The first kappa shape index (κ1) is 39.0. The molecule has 0 aliphatic carbocycles. The lowest BCUT2D eigenvalue weighted by Gasteiger charge is -2.24. The van der Waals surface area contributed by atoms with Crippen molar-refractivity contribution in [3.63, 3.8) is 0 Å². The van der Waals surface area contributed by atoms with Crippen molar-refractivity contribution in [3.05, 3.63) is 162 Å². The van der Waals surface area contributed by atoms with E-state index in [1.165, 1.54) is 0 Å². The highest BCUT2D eigenvalue weighted by molar-refractivity contribution is 5.78. The molecule has 0 amide bonds. The Morgan fingerprint density at radius 2 is 0.672 bits per heavy atom. The Labute approximate surface area is 353 Å². The molecule has 0 aliphatic rings. The maximum atomic E-state index is 6.45. The second kappa shape index (κ2) is 19.0. The Kier molecular flexibility index (Phi) is 12.2. The first-order chi connectivity index (χ1) is 30.2. The zero-order valence-electron chi connectivity index (χ0n) is 33.7. The number of nitrogens with zero attached hydrogens (tertiary/aromatic N) is 4. The smallest absolute Gasteiger partial charge is 0.201 e. The van der Waals surface area contributed by atoms with Gasteiger partial charge in [-0.1, -0.05) is 91.0 Å². The number of ether oxygens (including phenoxy) is 3. The third-order valence-corrected chi connectivity index (χ3v) is 10.4. The van der Waals surface area contributed by atoms with Gasteiger partial charge < -0.3 is 45.1 Å². The molecule has 6 N–H and O–H groups in total. The lowest BCUT2D eigenvalue weighted by Crippen LogP contribution is -2.35. The molecule has 0 radical (unpaired) electrons. The van der Waals surface area contributed by atoms with Crippen LogP contribution in [0.3, 0.4) is 0 Å². The van der Waals surface area contributed by atoms with Crippen LogP contribution in [0, 0.1) is 0 Å². The molecule has 0 atom stereocenters. The highest BCUT2D eigenvalue weighted by Crippen LogP contribution is 2.24. The van der Waals surface area contributed by atoms with Crippen molar-refractivity contribution in [2.24, 2.45) is 0 Å². The highest BCUT2D eigenvalue weighted by atomic mass is 16.5. The predicted octanol–water partition coefficient (Wildman–Crippen LogP) is 8.99. The minimum Gasteiger partial charge on any atom is -0.492 e. The maximum absolute atomic E-state index is 6.45. The molecule has 3 heterocycles. The van der Waals surface area contributed by atoms with E-state index in [0.717, 1.165) is 84.9 Å². The maximum Gasteiger partial charge on any atom is 0.201 e. The highest BCUT2D eigenvalue weighted by Gasteiger charge is 2.13. The van der Waals surface area contributed by atoms with E-state index >= 15 is 0 Å². The van der Waals surface area contributed by atoms with Gasteiger partial charge in [0.2, 0.25) is 17.8 Å². The number of para-hydroxylation sites is 9. The van der Waals surface area contributed by atoms with Crippen LogP contribution < -0.4 is 30.2 Å². The van der Waals surface area contributed by atoms with Gasteiger partial charge in [0.15, 0.2) is 0 Å². The number of imidazole rings is 3. The summed E-state index contributed by atoms with van der Waals surface area (Å²) in [6.07, 6.45) is 0. The van der Waals surface area contributed by atoms with E-state index < -0.39 is 0 Å². The third kappa shape index (κ3) is 10.0. The van der Waals surface area contributed by atoms with Crippen molar-refractivity contribution in [1.82, 2.24) is 34.8 Å². The molecule has 0 saturated heterocycles. The molecule has 3 aromatic heterocycles. The van der Waals surface area contributed by atoms with E-state index in [4.69, 9.17) is 14.2 Å². The third-order valence-electron chi connectivity index (χ3n) is 10.4. The number of H-pyrrole nitrogens is 3. The minimum absolute atomic E-state index is 0.484. The van der Waals surface area contributed by atoms with Crippen molar-refractivity contribution in [2.45, 2.75) is 19.6 Å². The van der Waals surface area contributed by atoms with Gasteiger partial charge in [-0.25, -0.2) is 15.0 Å². The van der Waals surface area contributed by atoms with Crippen LogP contribution in [0.4, 0.5) is 17.8 Å². The van der Waals surface area contributed by atoms with Crippen LogP contribution in [0.1, 0.15) is 16.7 Å². The minimum atomic E-state index is 0.484. The fourth-order valence-corrected chi connectivity index (χ4v) is 7.21. The average Bonchev–Trinajstić information content (AvgIpc) is 4.04. The van der Waals surface area contributed by atoms with Crippen LogP contribution in [0.5, 0.6) is 17.2 Å². The van der Waals surface area contributed by atoms with Crippen LogP contribution in [-0.2, 0) is 19.6 Å². The van der Waals surface area contributed by atoms with Crippen LogP contribution in [0.2, 0.25) is 0 Å². The van der Waals surface area contributed by atoms with Crippen LogP contribution in [0.25, 0.3) is 33.1 Å². The summed E-state index contributed by atoms with van der Waals surface area (Å²) < 4.78 is 19.3. The Balaban J connectivity index is 0.826. The van der Waals surface area contributed by atoms with E-state index in [9.17, 15) is 0 Å². The number of anilines is 3. The van der Waals surface area contributed by atoms with Gasteiger partial charge in [-0.05, 0) is 54.6 Å². The number of hydrogen-bond acceptors (Lipinski definition) is 10. The van der Waals surface area contributed by atoms with Crippen molar-refractivity contribution in [2.75, 3.05) is 55.4 Å². The molecule has 0 fully saturated rings. The molecule has 0 aliphatic heterocycles. The lowest BCUT2D eigenvalue weighted by atomic mass is 10.2. The monoisotopic (exact) mass is 812 g/mol. The van der Waals surface area contributed by atoms with Gasteiger partial charge in [0, 0.05) is 56.0 Å². The molecule has 13 nitrogen and oxygen atoms in total. The van der Waals surface area contributed by atoms with Crippen molar-refractivity contribution < 1.29 is 14.2 Å². The molecule has 61 heavy (non-hydrogen) atoms. The average molecular weight is 813 g/mol. The molecule has 0 bridgehead atoms. The molecule has 13 heteroatoms. The molecule has 9 aromatic rings. The topological polar surface area (TPSA) is 153 Å². The number of benzene rings is 6. The predicted molar refractivity (Wildman–Crippen MR) is 243 cm³/mol. The number of fused-ring (bicyclic) bond motifs is 3. The van der Waals surface area contributed by atoms with Gasteiger partial charge in [-0.3, -0.25) is 4.90 Å². The summed E-state index contributed by atoms with van der Waals surface area (Å²) in [7, 11) is 0. The molecular weight excluding hydrogens is 765 g/mol. The summed E-state index contributed by atoms with van der Waals surface area (Å²) in [5.74, 6) is 4.66. The van der Waals surface area contributed by atoms with Crippen LogP contribution in [-0.4, -0.2) is 74.3 Å². The Morgan fingerprint density at radius 1 is 0.377 bits per heavy atom. The first-order valence-electron chi connectivity index (χ1n) is 20.6. The normalized spacial score (nSPS) is 11.4. The number of aromatic amines is 3. The zero-order chi connectivity index (χ0) is 41.1. The van der Waals surface area contributed by atoms with Crippen molar-refractivity contribution in [3.8, 4) is 17.2 Å². The number of nitrogens with one attached hydrogen (secondary N) is 6. The van der Waals surface area contributed by atoms with Gasteiger partial charge in [-0.2, -0.15) is 0 Å². The summed E-state index contributed by atoms with van der Waals surface area (Å²) in [4.78, 5) is 26.3. The summed E-state index contributed by atoms with van der Waals surface area (Å²) in [6.45, 7) is 5.16. The number of hydrogen-bond donors (Lipinski definition) is 6. The zero-order valence-corrected chi connectivity index (χ0v) is 33.7. The Bertz CT molecular complexity index is 2410. The van der Waals surface area contributed by atoms with Crippen LogP contribution in [0.15, 0.2) is 146 Å². The summed E-state index contributed by atoms with van der Waals surface area (Å²) in [5, 5.41) is 10.3. The molecule has 0 saturated carbocycles. The van der Waals surface area contributed by atoms with Gasteiger partial charge >= 0.3 is 0 Å². The van der Waals surface area contributed by atoms with Gasteiger partial charge in [0.05, 0.1) is 33.1 Å². The van der Waals surface area contributed by atoms with Gasteiger partial charge in [0.25, 0.3) is 0 Å². The van der Waals surface area contributed by atoms with Gasteiger partial charge in [-0.15, -0.1) is 0 Å². The molecule has 9 rings (SSSR count). The lowest BCUT2D eigenvalue weighted by molar-refractivity contribution is 0.152. The summed E-state index contributed by atoms with van der Waals surface area (Å²) >= 11 is 0. The quantitative estimate of drug-likeness (QED) is 0.0415. The van der Waals surface area contributed by atoms with E-state index in [1.807, 2.05) is 127 Å². The second-order valence-corrected chi connectivity index (χ2v) is 14.6. The van der Waals surface area contributed by atoms with E-state index in [2.05, 4.69) is 69.0 Å².